The lowest BCUT2D eigenvalue weighted by atomic mass is 9.99. The second-order valence-corrected chi connectivity index (χ2v) is 8.98. The van der Waals surface area contributed by atoms with Crippen molar-refractivity contribution in [1.82, 2.24) is 19.0 Å². The van der Waals surface area contributed by atoms with Crippen LogP contribution in [0.5, 0.6) is 5.75 Å². The van der Waals surface area contributed by atoms with Gasteiger partial charge >= 0.3 is 0 Å². The molecule has 6 rings (SSSR count). The first kappa shape index (κ1) is 22.6. The molecule has 1 saturated heterocycles. The number of rotatable bonds is 4. The molecule has 2 aliphatic heterocycles. The zero-order valence-electron chi connectivity index (χ0n) is 18.9. The molecular formula is C26H26ClFN4O2. The molecule has 0 bridgehead atoms. The van der Waals surface area contributed by atoms with Crippen molar-refractivity contribution < 1.29 is 9.13 Å². The van der Waals surface area contributed by atoms with Crippen molar-refractivity contribution in [2.75, 3.05) is 6.54 Å². The van der Waals surface area contributed by atoms with Crippen molar-refractivity contribution in [3.8, 4) is 11.4 Å². The van der Waals surface area contributed by atoms with Gasteiger partial charge in [-0.3, -0.25) is 19.2 Å². The summed E-state index contributed by atoms with van der Waals surface area (Å²) < 4.78 is 22.6. The van der Waals surface area contributed by atoms with E-state index in [1.165, 1.54) is 48.2 Å². The Morgan fingerprint density at radius 1 is 1.18 bits per heavy atom. The van der Waals surface area contributed by atoms with Gasteiger partial charge in [0.15, 0.2) is 0 Å². The highest BCUT2D eigenvalue weighted by atomic mass is 35.5. The van der Waals surface area contributed by atoms with Crippen LogP contribution >= 0.6 is 12.4 Å². The fourth-order valence-corrected chi connectivity index (χ4v) is 5.32. The van der Waals surface area contributed by atoms with Crippen LogP contribution < -0.4 is 10.3 Å². The van der Waals surface area contributed by atoms with Gasteiger partial charge in [-0.05, 0) is 55.3 Å². The standard InChI is InChI=1S/C26H25FN4O2.ClH/c1-29-24-12-20(6-7-22(24)23-15-30-9-2-3-19(30)11-25(23)29)31-10-8-21(13-26(31)32)33-16-18-5-4-17(27)14-28-18;/h4-8,10,12-14,19H,2-3,9,11,15-16H2,1H3;1H. The first-order chi connectivity index (χ1) is 16.1. The lowest BCUT2D eigenvalue weighted by Gasteiger charge is -2.30. The zero-order chi connectivity index (χ0) is 22.5. The summed E-state index contributed by atoms with van der Waals surface area (Å²) in [5.74, 6) is 0.0659. The first-order valence-electron chi connectivity index (χ1n) is 11.4. The molecule has 0 N–H and O–H groups in total. The molecular weight excluding hydrogens is 455 g/mol. The third-order valence-electron chi connectivity index (χ3n) is 7.05. The van der Waals surface area contributed by atoms with Crippen molar-refractivity contribution >= 4 is 23.3 Å². The van der Waals surface area contributed by atoms with Crippen molar-refractivity contribution in [3.63, 3.8) is 0 Å². The smallest absolute Gasteiger partial charge is 0.258 e. The topological polar surface area (TPSA) is 52.3 Å². The second kappa shape index (κ2) is 8.89. The summed E-state index contributed by atoms with van der Waals surface area (Å²) in [5.41, 5.74) is 5.28. The lowest BCUT2D eigenvalue weighted by molar-refractivity contribution is 0.225. The number of hydrogen-bond acceptors (Lipinski definition) is 4. The molecule has 3 aromatic heterocycles. The molecule has 0 aliphatic carbocycles. The van der Waals surface area contributed by atoms with E-state index in [4.69, 9.17) is 4.74 Å². The maximum Gasteiger partial charge on any atom is 0.258 e. The van der Waals surface area contributed by atoms with E-state index in [1.54, 1.807) is 22.9 Å². The summed E-state index contributed by atoms with van der Waals surface area (Å²) in [7, 11) is 2.14. The van der Waals surface area contributed by atoms with E-state index in [0.717, 1.165) is 30.4 Å². The number of aryl methyl sites for hydroxylation is 1. The predicted molar refractivity (Wildman–Crippen MR) is 131 cm³/mol. The van der Waals surface area contributed by atoms with Gasteiger partial charge in [0.1, 0.15) is 18.2 Å². The predicted octanol–water partition coefficient (Wildman–Crippen LogP) is 4.38. The summed E-state index contributed by atoms with van der Waals surface area (Å²) in [5, 5.41) is 1.28. The number of nitrogens with zero attached hydrogens (tertiary/aromatic N) is 4. The number of hydrogen-bond donors (Lipinski definition) is 0. The minimum Gasteiger partial charge on any atom is -0.487 e. The van der Waals surface area contributed by atoms with E-state index in [2.05, 4.69) is 33.6 Å². The van der Waals surface area contributed by atoms with Gasteiger partial charge in [-0.15, -0.1) is 12.4 Å². The van der Waals surface area contributed by atoms with Crippen LogP contribution in [-0.4, -0.2) is 31.6 Å². The molecule has 6 nitrogen and oxygen atoms in total. The second-order valence-electron chi connectivity index (χ2n) is 8.98. The van der Waals surface area contributed by atoms with E-state index in [0.29, 0.717) is 17.5 Å². The van der Waals surface area contributed by atoms with Crippen LogP contribution in [0, 0.1) is 5.82 Å². The average molecular weight is 481 g/mol. The quantitative estimate of drug-likeness (QED) is 0.435. The van der Waals surface area contributed by atoms with E-state index in [1.807, 2.05) is 6.07 Å². The van der Waals surface area contributed by atoms with Gasteiger partial charge in [0.25, 0.3) is 5.56 Å². The largest absolute Gasteiger partial charge is 0.487 e. The Labute approximate surface area is 203 Å². The summed E-state index contributed by atoms with van der Waals surface area (Å²) in [6.45, 7) is 2.38. The van der Waals surface area contributed by atoms with Gasteiger partial charge in [0, 0.05) is 49.4 Å². The molecule has 1 unspecified atom stereocenters. The molecule has 0 radical (unpaired) electrons. The molecule has 0 spiro atoms. The van der Waals surface area contributed by atoms with Gasteiger partial charge < -0.3 is 9.30 Å². The molecule has 0 saturated carbocycles. The normalized spacial score (nSPS) is 17.3. The monoisotopic (exact) mass is 480 g/mol. The Kier molecular flexibility index (Phi) is 5.91. The summed E-state index contributed by atoms with van der Waals surface area (Å²) >= 11 is 0. The van der Waals surface area contributed by atoms with E-state index >= 15 is 0 Å². The molecule has 1 aromatic carbocycles. The van der Waals surface area contributed by atoms with Crippen molar-refractivity contribution in [1.29, 1.82) is 0 Å². The minimum atomic E-state index is -0.391. The summed E-state index contributed by atoms with van der Waals surface area (Å²) in [6.07, 6.45) is 6.57. The molecule has 0 amide bonds. The maximum atomic E-state index is 13.0. The minimum absolute atomic E-state index is 0. The molecule has 5 heterocycles. The van der Waals surface area contributed by atoms with Crippen LogP contribution in [0.15, 0.2) is 59.7 Å². The summed E-state index contributed by atoms with van der Waals surface area (Å²) in [4.78, 5) is 19.4. The Balaban J connectivity index is 0.00000241. The van der Waals surface area contributed by atoms with E-state index in [9.17, 15) is 9.18 Å². The van der Waals surface area contributed by atoms with Crippen LogP contribution in [0.25, 0.3) is 16.6 Å². The van der Waals surface area contributed by atoms with Gasteiger partial charge in [-0.1, -0.05) is 6.07 Å². The number of ether oxygens (including phenoxy) is 1. The highest BCUT2D eigenvalue weighted by Crippen LogP contribution is 2.36. The Morgan fingerprint density at radius 2 is 2.06 bits per heavy atom. The number of benzene rings is 1. The highest BCUT2D eigenvalue weighted by molar-refractivity contribution is 5.87. The fraction of sp³-hybridized carbons (Fsp3) is 0.308. The van der Waals surface area contributed by atoms with Gasteiger partial charge in [-0.2, -0.15) is 0 Å². The van der Waals surface area contributed by atoms with Crippen LogP contribution in [0.2, 0.25) is 0 Å². The van der Waals surface area contributed by atoms with Gasteiger partial charge in [0.2, 0.25) is 0 Å². The van der Waals surface area contributed by atoms with E-state index in [-0.39, 0.29) is 24.6 Å². The van der Waals surface area contributed by atoms with Crippen LogP contribution in [-0.2, 0) is 26.6 Å². The molecule has 176 valence electrons. The van der Waals surface area contributed by atoms with Crippen LogP contribution in [0.4, 0.5) is 4.39 Å². The maximum absolute atomic E-state index is 13.0. The molecule has 34 heavy (non-hydrogen) atoms. The molecule has 8 heteroatoms. The number of aromatic nitrogens is 3. The Morgan fingerprint density at radius 3 is 2.85 bits per heavy atom. The van der Waals surface area contributed by atoms with Crippen LogP contribution in [0.1, 0.15) is 29.8 Å². The van der Waals surface area contributed by atoms with Gasteiger partial charge in [0.05, 0.1) is 23.1 Å². The Hall–Kier alpha value is -3.16. The fourth-order valence-electron chi connectivity index (χ4n) is 5.32. The third kappa shape index (κ3) is 3.89. The van der Waals surface area contributed by atoms with Crippen molar-refractivity contribution in [2.45, 2.75) is 38.5 Å². The first-order valence-corrected chi connectivity index (χ1v) is 11.4. The summed E-state index contributed by atoms with van der Waals surface area (Å²) in [6, 6.07) is 13.1. The number of pyridine rings is 2. The number of halogens is 2. The average Bonchev–Trinajstić information content (AvgIpc) is 3.39. The molecule has 4 aromatic rings. The van der Waals surface area contributed by atoms with Crippen molar-refractivity contribution in [3.05, 3.63) is 88.0 Å². The van der Waals surface area contributed by atoms with Crippen molar-refractivity contribution in [2.24, 2.45) is 7.05 Å². The Bertz CT molecular complexity index is 1410. The van der Waals surface area contributed by atoms with E-state index < -0.39 is 5.82 Å². The zero-order valence-corrected chi connectivity index (χ0v) is 19.7. The lowest BCUT2D eigenvalue weighted by Crippen LogP contribution is -2.35. The van der Waals surface area contributed by atoms with Crippen LogP contribution in [0.3, 0.4) is 0 Å². The SMILES string of the molecule is Cl.Cn1c2c(c3ccc(-n4ccc(OCc5ccc(F)cn5)cc4=O)cc31)CN1CCCC1C2. The third-order valence-corrected chi connectivity index (χ3v) is 7.05. The molecule has 1 fully saturated rings. The van der Waals surface area contributed by atoms with Gasteiger partial charge in [-0.25, -0.2) is 4.39 Å². The highest BCUT2D eigenvalue weighted by Gasteiger charge is 2.32. The number of fused-ring (bicyclic) bond motifs is 4. The molecule has 1 atom stereocenters. The molecule has 2 aliphatic rings.